The lowest BCUT2D eigenvalue weighted by Crippen LogP contribution is -2.36. The molecule has 0 fully saturated rings. The molecule has 2 aliphatic rings. The fourth-order valence-electron chi connectivity index (χ4n) is 6.45. The average Bonchev–Trinajstić information content (AvgIpc) is 3.84. The summed E-state index contributed by atoms with van der Waals surface area (Å²) < 4.78 is 3.68. The number of fused-ring (bicyclic) bond motifs is 2. The third kappa shape index (κ3) is 8.31. The molecule has 2 unspecified atom stereocenters. The first-order chi connectivity index (χ1) is 25.9. The lowest BCUT2D eigenvalue weighted by atomic mass is 9.87. The zero-order chi connectivity index (χ0) is 38.0. The highest BCUT2D eigenvalue weighted by Crippen LogP contribution is 2.38. The van der Waals surface area contributed by atoms with E-state index in [0.717, 1.165) is 22.5 Å². The van der Waals surface area contributed by atoms with Crippen LogP contribution in [0.15, 0.2) is 120 Å². The van der Waals surface area contributed by atoms with Crippen molar-refractivity contribution in [3.8, 4) is 0 Å². The summed E-state index contributed by atoms with van der Waals surface area (Å²) in [5.41, 5.74) is 16.2. The zero-order valence-electron chi connectivity index (χ0n) is 29.1. The van der Waals surface area contributed by atoms with Crippen molar-refractivity contribution in [2.75, 3.05) is 10.6 Å². The average molecular weight is 794 g/mol. The van der Waals surface area contributed by atoms with E-state index in [0.29, 0.717) is 46.2 Å². The molecule has 6 aromatic rings. The number of aromatic nitrogens is 6. The van der Waals surface area contributed by atoms with Crippen molar-refractivity contribution < 1.29 is 9.59 Å². The van der Waals surface area contributed by atoms with Gasteiger partial charge in [-0.2, -0.15) is 10.2 Å². The Balaban J connectivity index is 0.000000207. The molecule has 0 spiro atoms. The number of anilines is 2. The molecule has 2 atom stereocenters. The maximum absolute atomic E-state index is 12.4. The van der Waals surface area contributed by atoms with Gasteiger partial charge in [0.05, 0.1) is 34.5 Å². The number of hydrogen-bond donors (Lipinski definition) is 4. The van der Waals surface area contributed by atoms with Crippen LogP contribution in [0.3, 0.4) is 0 Å². The summed E-state index contributed by atoms with van der Waals surface area (Å²) in [5, 5.41) is 15.3. The fraction of sp³-hybridized carbons (Fsp3) is 0.200. The third-order valence-electron chi connectivity index (χ3n) is 9.07. The van der Waals surface area contributed by atoms with Crippen LogP contribution in [0.5, 0.6) is 0 Å². The van der Waals surface area contributed by atoms with Crippen LogP contribution < -0.4 is 22.1 Å². The summed E-state index contributed by atoms with van der Waals surface area (Å²) in [6.07, 6.45) is 6.35. The van der Waals surface area contributed by atoms with E-state index >= 15 is 0 Å². The summed E-state index contributed by atoms with van der Waals surface area (Å²) >= 11 is 11.6. The Labute approximate surface area is 334 Å². The number of pyridine rings is 2. The Hall–Kier alpha value is -6.38. The van der Waals surface area contributed by atoms with Gasteiger partial charge < -0.3 is 22.1 Å². The van der Waals surface area contributed by atoms with Crippen LogP contribution in [0.25, 0.3) is 0 Å². The number of carbonyl (C=O) groups is 2. The van der Waals surface area contributed by atoms with Crippen LogP contribution in [0.4, 0.5) is 11.4 Å². The van der Waals surface area contributed by atoms with Gasteiger partial charge in [0.2, 0.25) is 0 Å². The van der Waals surface area contributed by atoms with Gasteiger partial charge in [0, 0.05) is 36.2 Å². The van der Waals surface area contributed by atoms with E-state index in [-0.39, 0.29) is 38.1 Å². The van der Waals surface area contributed by atoms with Crippen LogP contribution in [0.2, 0.25) is 10.0 Å². The van der Waals surface area contributed by atoms with Crippen LogP contribution in [0, 0.1) is 0 Å². The summed E-state index contributed by atoms with van der Waals surface area (Å²) in [4.78, 5) is 42.3. The minimum atomic E-state index is -0.682. The molecular formula is C40H42Cl2N12O2. The number of benzene rings is 2. The lowest BCUT2D eigenvalue weighted by Gasteiger charge is -2.31. The Morgan fingerprint density at radius 2 is 1.05 bits per heavy atom. The Kier molecular flexibility index (Phi) is 12.1. The molecule has 14 nitrogen and oxygen atoms in total. The van der Waals surface area contributed by atoms with Gasteiger partial charge in [-0.05, 0) is 85.6 Å². The minimum absolute atomic E-state index is 0. The molecule has 16 heteroatoms. The van der Waals surface area contributed by atoms with Crippen LogP contribution in [-0.4, -0.2) is 53.0 Å². The van der Waals surface area contributed by atoms with Crippen molar-refractivity contribution in [3.05, 3.63) is 154 Å². The van der Waals surface area contributed by atoms with Crippen molar-refractivity contribution in [1.82, 2.24) is 29.5 Å². The predicted octanol–water partition coefficient (Wildman–Crippen LogP) is 6.91. The quantitative estimate of drug-likeness (QED) is 0.140. The zero-order valence-corrected chi connectivity index (χ0v) is 30.6. The molecule has 0 radical (unpaired) electrons. The number of amides is 2. The summed E-state index contributed by atoms with van der Waals surface area (Å²) in [6.45, 7) is 4.90. The molecular weight excluding hydrogens is 751 g/mol. The van der Waals surface area contributed by atoms with E-state index in [9.17, 15) is 9.59 Å². The lowest BCUT2D eigenvalue weighted by molar-refractivity contribution is 0.101. The second kappa shape index (κ2) is 16.6. The molecule has 6 heterocycles. The van der Waals surface area contributed by atoms with E-state index in [1.165, 1.54) is 12.4 Å². The fourth-order valence-corrected chi connectivity index (χ4v) is 6.67. The number of nitrogens with two attached hydrogens (primary N) is 2. The molecule has 288 valence electrons. The van der Waals surface area contributed by atoms with E-state index in [2.05, 4.69) is 40.8 Å². The number of carbonyl (C=O) groups excluding carboxylic acids is 2. The van der Waals surface area contributed by atoms with Crippen molar-refractivity contribution in [2.45, 2.75) is 52.9 Å². The molecule has 2 aliphatic heterocycles. The first-order valence-electron chi connectivity index (χ1n) is 16.7. The Morgan fingerprint density at radius 3 is 1.43 bits per heavy atom. The first-order valence-corrected chi connectivity index (χ1v) is 17.5. The molecule has 56 heavy (non-hydrogen) atoms. The summed E-state index contributed by atoms with van der Waals surface area (Å²) in [5.74, 6) is 0.387. The van der Waals surface area contributed by atoms with Crippen LogP contribution in [-0.2, 0) is 24.2 Å². The van der Waals surface area contributed by atoms with Gasteiger partial charge in [0.15, 0.2) is 0 Å². The number of aliphatic imine (C=N–C) groups is 2. The van der Waals surface area contributed by atoms with Crippen molar-refractivity contribution >= 4 is 58.1 Å². The van der Waals surface area contributed by atoms with Crippen molar-refractivity contribution in [2.24, 2.45) is 21.5 Å². The minimum Gasteiger partial charge on any atom is -0.386 e. The van der Waals surface area contributed by atoms with Gasteiger partial charge in [0.25, 0.3) is 11.8 Å². The highest BCUT2D eigenvalue weighted by Gasteiger charge is 2.36. The van der Waals surface area contributed by atoms with Gasteiger partial charge in [-0.1, -0.05) is 62.3 Å². The van der Waals surface area contributed by atoms with Crippen LogP contribution >= 0.6 is 23.2 Å². The molecule has 2 aromatic carbocycles. The first kappa shape index (κ1) is 40.8. The Bertz CT molecular complexity index is 2250. The third-order valence-corrected chi connectivity index (χ3v) is 9.52. The van der Waals surface area contributed by atoms with Crippen molar-refractivity contribution in [1.29, 1.82) is 0 Å². The van der Waals surface area contributed by atoms with Gasteiger partial charge in [-0.3, -0.25) is 28.9 Å². The predicted molar refractivity (Wildman–Crippen MR) is 221 cm³/mol. The van der Waals surface area contributed by atoms with E-state index < -0.39 is 11.1 Å². The number of halogens is 2. The van der Waals surface area contributed by atoms with Gasteiger partial charge in [-0.25, -0.2) is 9.97 Å². The maximum Gasteiger partial charge on any atom is 0.274 e. The molecule has 0 aliphatic carbocycles. The second-order valence-electron chi connectivity index (χ2n) is 12.9. The maximum atomic E-state index is 12.4. The standard InChI is InChI=1S/2C19H17ClN6O.2CH4/c2*1-19(16-7-8-23-26(16)11-17(21)25-19)12-3-2-4-14(9-12)24-18(27)15-6-5-13(20)10-22-15;;/h2*2-10H,11H2,1H3,(H2,21,25)(H,24,27);2*1H4. The SMILES string of the molecule is C.C.CC1(c2cccc(NC(=O)c3ccc(Cl)cn3)c2)N=C(N)Cn2nccc21.CC1(c2cccc(NC(=O)c3ccc(Cl)cn3)c2)N=C(N)Cn2nccc21. The molecule has 0 saturated heterocycles. The van der Waals surface area contributed by atoms with Crippen LogP contribution in [0.1, 0.15) is 72.2 Å². The molecule has 4 aromatic heterocycles. The molecule has 8 rings (SSSR count). The number of nitrogens with one attached hydrogen (secondary N) is 2. The second-order valence-corrected chi connectivity index (χ2v) is 13.8. The number of hydrogen-bond acceptors (Lipinski definition) is 10. The molecule has 0 saturated carbocycles. The van der Waals surface area contributed by atoms with E-state index in [1.807, 2.05) is 83.9 Å². The van der Waals surface area contributed by atoms with Gasteiger partial charge >= 0.3 is 0 Å². The monoisotopic (exact) mass is 792 g/mol. The topological polar surface area (TPSA) is 196 Å². The summed E-state index contributed by atoms with van der Waals surface area (Å²) in [6, 6.07) is 25.3. The summed E-state index contributed by atoms with van der Waals surface area (Å²) in [7, 11) is 0. The van der Waals surface area contributed by atoms with Crippen molar-refractivity contribution in [3.63, 3.8) is 0 Å². The Morgan fingerprint density at radius 1 is 0.643 bits per heavy atom. The largest absolute Gasteiger partial charge is 0.386 e. The number of amidine groups is 2. The number of nitrogens with zero attached hydrogens (tertiary/aromatic N) is 8. The molecule has 2 amide bonds. The smallest absolute Gasteiger partial charge is 0.274 e. The highest BCUT2D eigenvalue weighted by molar-refractivity contribution is 6.30. The normalized spacial score (nSPS) is 17.9. The highest BCUT2D eigenvalue weighted by atomic mass is 35.5. The van der Waals surface area contributed by atoms with Gasteiger partial charge in [-0.15, -0.1) is 0 Å². The molecule has 6 N–H and O–H groups in total. The molecule has 0 bridgehead atoms. The van der Waals surface area contributed by atoms with E-state index in [1.54, 1.807) is 36.7 Å². The van der Waals surface area contributed by atoms with Gasteiger partial charge in [0.1, 0.15) is 34.1 Å². The van der Waals surface area contributed by atoms with E-state index in [4.69, 9.17) is 34.7 Å². The number of rotatable bonds is 6.